The van der Waals surface area contributed by atoms with Gasteiger partial charge in [0.1, 0.15) is 25.5 Å². The molecule has 0 aromatic carbocycles. The van der Waals surface area contributed by atoms with E-state index in [2.05, 4.69) is 74.6 Å². The Bertz CT molecular complexity index is 1550. The van der Waals surface area contributed by atoms with Gasteiger partial charge < -0.3 is 38.1 Å². The number of rotatable bonds is 36. The number of carbonyl (C=O) groups excluding carboxylic acids is 3. The van der Waals surface area contributed by atoms with Crippen LogP contribution in [0, 0.1) is 11.8 Å². The first-order chi connectivity index (χ1) is 30.2. The van der Waals surface area contributed by atoms with Crippen LogP contribution in [-0.4, -0.2) is 98.2 Å². The van der Waals surface area contributed by atoms with E-state index in [0.29, 0.717) is 43.1 Å². The number of quaternary nitrogens is 1. The number of phosphoric ester groups is 1. The summed E-state index contributed by atoms with van der Waals surface area (Å²) in [6.45, 7) is 3.58. The molecule has 1 fully saturated rings. The molecule has 0 spiro atoms. The molecule has 2 N–H and O–H groups in total. The SMILES string of the molecule is CC/C=C\C/C=C\C/C=C\C/C=C\C/C=C\C/C=C\CCC(=O)OC[C@H](COP(=O)([O-])OCC[N+](C)(C)C)OC(=O)CCC/C=C\C[C@H]1[C@@H](O)CC(=O)[C@@H]1/C=C/[C@@H](O)CCCCC. The maximum atomic E-state index is 12.8. The highest BCUT2D eigenvalue weighted by Crippen LogP contribution is 2.38. The normalized spacial score (nSPS) is 19.7. The minimum Gasteiger partial charge on any atom is -0.756 e. The average molecular weight is 902 g/mol. The minimum atomic E-state index is -4.73. The van der Waals surface area contributed by atoms with E-state index in [4.69, 9.17) is 18.5 Å². The number of carbonyl (C=O) groups is 3. The quantitative estimate of drug-likeness (QED) is 0.0202. The smallest absolute Gasteiger partial charge is 0.306 e. The first-order valence-electron chi connectivity index (χ1n) is 23.0. The number of aliphatic hydroxyl groups is 2. The fourth-order valence-electron chi connectivity index (χ4n) is 6.31. The molecule has 0 bridgehead atoms. The fourth-order valence-corrected chi connectivity index (χ4v) is 7.04. The minimum absolute atomic E-state index is 0.0122. The van der Waals surface area contributed by atoms with Crippen LogP contribution in [-0.2, 0) is 37.5 Å². The number of allylic oxidation sites excluding steroid dienone is 15. The molecule has 63 heavy (non-hydrogen) atoms. The molecule has 1 aliphatic carbocycles. The van der Waals surface area contributed by atoms with E-state index in [0.717, 1.165) is 57.8 Å². The Hall–Kier alpha value is -3.48. The van der Waals surface area contributed by atoms with Crippen LogP contribution in [0.25, 0.3) is 0 Å². The van der Waals surface area contributed by atoms with Crippen molar-refractivity contribution in [2.24, 2.45) is 11.8 Å². The third-order valence-corrected chi connectivity index (χ3v) is 10.9. The summed E-state index contributed by atoms with van der Waals surface area (Å²) in [5, 5.41) is 20.8. The van der Waals surface area contributed by atoms with Crippen LogP contribution in [0.5, 0.6) is 0 Å². The lowest BCUT2D eigenvalue weighted by atomic mass is 9.90. The highest BCUT2D eigenvalue weighted by molar-refractivity contribution is 7.45. The number of hydrogen-bond acceptors (Lipinski definition) is 11. The Balaban J connectivity index is 2.55. The van der Waals surface area contributed by atoms with Crippen molar-refractivity contribution in [1.29, 1.82) is 0 Å². The summed E-state index contributed by atoms with van der Waals surface area (Å²) in [4.78, 5) is 50.3. The van der Waals surface area contributed by atoms with Crippen LogP contribution in [0.15, 0.2) is 97.2 Å². The van der Waals surface area contributed by atoms with Gasteiger partial charge in [0.15, 0.2) is 6.10 Å². The van der Waals surface area contributed by atoms with Crippen molar-refractivity contribution in [1.82, 2.24) is 0 Å². The molecule has 1 rings (SSSR count). The molecule has 0 radical (unpaired) electrons. The number of hydrogen-bond donors (Lipinski definition) is 2. The summed E-state index contributed by atoms with van der Waals surface area (Å²) < 4.78 is 33.7. The Morgan fingerprint density at radius 1 is 0.778 bits per heavy atom. The summed E-state index contributed by atoms with van der Waals surface area (Å²) in [5.74, 6) is -1.94. The number of phosphoric acid groups is 1. The second-order valence-corrected chi connectivity index (χ2v) is 18.2. The molecule has 1 aliphatic rings. The van der Waals surface area contributed by atoms with Gasteiger partial charge in [-0.1, -0.05) is 130 Å². The molecular formula is C50H80NO11P. The van der Waals surface area contributed by atoms with E-state index < -0.39 is 50.6 Å². The molecular weight excluding hydrogens is 822 g/mol. The van der Waals surface area contributed by atoms with Gasteiger partial charge >= 0.3 is 11.9 Å². The van der Waals surface area contributed by atoms with Crippen LogP contribution in [0.4, 0.5) is 0 Å². The molecule has 0 saturated heterocycles. The second-order valence-electron chi connectivity index (χ2n) is 16.8. The molecule has 1 saturated carbocycles. The number of aliphatic hydroxyl groups excluding tert-OH is 2. The van der Waals surface area contributed by atoms with Crippen molar-refractivity contribution in [2.75, 3.05) is 47.5 Å². The van der Waals surface area contributed by atoms with E-state index in [1.807, 2.05) is 45.4 Å². The summed E-state index contributed by atoms with van der Waals surface area (Å²) in [6, 6.07) is 0. The zero-order valence-electron chi connectivity index (χ0n) is 38.9. The largest absolute Gasteiger partial charge is 0.756 e. The maximum absolute atomic E-state index is 12.8. The van der Waals surface area contributed by atoms with Gasteiger partial charge in [-0.3, -0.25) is 18.9 Å². The standard InChI is InChI=1S/C50H80NO11P/c1-6-8-10-11-12-13-14-15-16-17-18-19-20-21-22-23-24-25-30-34-49(55)59-41-44(42-61-63(57,58)60-39-38-51(3,4)5)62-50(56)35-31-27-26-29-33-45-46(48(54)40-47(45)53)37-36-43(52)32-28-9-7-2/h8,10,12-13,15-16,18-19,21-22,24-26,29,36-37,43-47,52-53H,6-7,9,11,14,17,20,23,27-28,30-35,38-42H2,1-5H3/b10-8-,13-12-,16-15-,19-18-,22-21-,25-24-,29-26-,37-36+/t43-,44+,45+,46+,47-/m0/s1. The van der Waals surface area contributed by atoms with Gasteiger partial charge in [-0.05, 0) is 70.6 Å². The van der Waals surface area contributed by atoms with E-state index >= 15 is 0 Å². The molecule has 6 atom stereocenters. The molecule has 0 amide bonds. The third-order valence-electron chi connectivity index (χ3n) is 9.98. The topological polar surface area (TPSA) is 169 Å². The third kappa shape index (κ3) is 32.8. The van der Waals surface area contributed by atoms with Crippen LogP contribution in [0.3, 0.4) is 0 Å². The molecule has 0 aromatic heterocycles. The van der Waals surface area contributed by atoms with Crippen molar-refractivity contribution in [3.05, 3.63) is 97.2 Å². The fraction of sp³-hybridized carbons (Fsp3) is 0.620. The van der Waals surface area contributed by atoms with Crippen molar-refractivity contribution in [3.8, 4) is 0 Å². The summed E-state index contributed by atoms with van der Waals surface area (Å²) >= 11 is 0. The van der Waals surface area contributed by atoms with E-state index in [1.165, 1.54) is 0 Å². The van der Waals surface area contributed by atoms with Gasteiger partial charge in [0, 0.05) is 31.1 Å². The predicted octanol–water partition coefficient (Wildman–Crippen LogP) is 9.31. The van der Waals surface area contributed by atoms with Crippen LogP contribution < -0.4 is 4.89 Å². The number of likely N-dealkylation sites (N-methyl/N-ethyl adjacent to an activating group) is 1. The van der Waals surface area contributed by atoms with Crippen molar-refractivity contribution < 1.29 is 57.1 Å². The molecule has 1 unspecified atom stereocenters. The zero-order chi connectivity index (χ0) is 46.6. The van der Waals surface area contributed by atoms with Crippen molar-refractivity contribution in [3.63, 3.8) is 0 Å². The van der Waals surface area contributed by atoms with E-state index in [1.54, 1.807) is 12.2 Å². The van der Waals surface area contributed by atoms with Gasteiger partial charge in [-0.25, -0.2) is 0 Å². The van der Waals surface area contributed by atoms with Gasteiger partial charge in [-0.2, -0.15) is 0 Å². The van der Waals surface area contributed by atoms with Crippen molar-refractivity contribution >= 4 is 25.5 Å². The molecule has 13 heteroatoms. The zero-order valence-corrected chi connectivity index (χ0v) is 39.8. The lowest BCUT2D eigenvalue weighted by Crippen LogP contribution is -2.37. The number of esters is 2. The second kappa shape index (κ2) is 35.8. The van der Waals surface area contributed by atoms with E-state index in [9.17, 15) is 34.1 Å². The molecule has 12 nitrogen and oxygen atoms in total. The number of nitrogens with zero attached hydrogens (tertiary/aromatic N) is 1. The first-order valence-corrected chi connectivity index (χ1v) is 24.5. The average Bonchev–Trinajstić information content (AvgIpc) is 3.50. The van der Waals surface area contributed by atoms with Gasteiger partial charge in [0.05, 0.1) is 40.0 Å². The Morgan fingerprint density at radius 3 is 1.95 bits per heavy atom. The van der Waals surface area contributed by atoms with Crippen LogP contribution in [0.2, 0.25) is 0 Å². The maximum Gasteiger partial charge on any atom is 0.306 e. The number of Topliss-reactive ketones (excluding diaryl/α,β-unsaturated/α-hetero) is 1. The Kier molecular flexibility index (Phi) is 32.7. The Labute approximate surface area is 379 Å². The van der Waals surface area contributed by atoms with Gasteiger partial charge in [0.25, 0.3) is 7.82 Å². The lowest BCUT2D eigenvalue weighted by molar-refractivity contribution is -0.870. The number of unbranched alkanes of at least 4 members (excludes halogenated alkanes) is 3. The highest BCUT2D eigenvalue weighted by Gasteiger charge is 2.39. The van der Waals surface area contributed by atoms with Crippen LogP contribution in [0.1, 0.15) is 123 Å². The lowest BCUT2D eigenvalue weighted by Gasteiger charge is -2.28. The number of ketones is 1. The van der Waals surface area contributed by atoms with Crippen molar-refractivity contribution in [2.45, 2.75) is 141 Å². The molecule has 356 valence electrons. The summed E-state index contributed by atoms with van der Waals surface area (Å²) in [6.07, 6.45) is 41.1. The molecule has 0 aliphatic heterocycles. The predicted molar refractivity (Wildman–Crippen MR) is 250 cm³/mol. The Morgan fingerprint density at radius 2 is 1.37 bits per heavy atom. The first kappa shape index (κ1) is 57.5. The number of ether oxygens (including phenoxy) is 2. The summed E-state index contributed by atoms with van der Waals surface area (Å²) in [5.41, 5.74) is 0. The monoisotopic (exact) mass is 902 g/mol. The van der Waals surface area contributed by atoms with Gasteiger partial charge in [0.2, 0.25) is 0 Å². The van der Waals surface area contributed by atoms with E-state index in [-0.39, 0.29) is 44.2 Å². The van der Waals surface area contributed by atoms with Crippen LogP contribution >= 0.6 is 7.82 Å². The van der Waals surface area contributed by atoms with Gasteiger partial charge in [-0.15, -0.1) is 0 Å². The summed E-state index contributed by atoms with van der Waals surface area (Å²) in [7, 11) is 0.945. The molecule has 0 aromatic rings. The highest BCUT2D eigenvalue weighted by atomic mass is 31.2. The molecule has 0 heterocycles.